The molecule has 1 heterocycles. The molecule has 0 unspecified atom stereocenters. The van der Waals surface area contributed by atoms with E-state index >= 15 is 0 Å². The average molecular weight is 373 g/mol. The van der Waals surface area contributed by atoms with Crippen molar-refractivity contribution in [3.8, 4) is 0 Å². The Bertz CT molecular complexity index is 586. The third-order valence-corrected chi connectivity index (χ3v) is 7.38. The summed E-state index contributed by atoms with van der Waals surface area (Å²) in [6, 6.07) is 0. The second-order valence-corrected chi connectivity index (χ2v) is 9.52. The first-order chi connectivity index (χ1) is 13.1. The normalized spacial score (nSPS) is 37.6. The highest BCUT2D eigenvalue weighted by Gasteiger charge is 2.47. The van der Waals surface area contributed by atoms with Crippen LogP contribution in [0.4, 0.5) is 0 Å². The molecule has 150 valence electrons. The third kappa shape index (κ3) is 4.56. The molecule has 0 amide bonds. The molecular formula is C24H36O3. The SMILES string of the molecule is C1=C[C@@]2(CCC1)CCCC1(C2)OCCO1.O=C1CCC[C@]2(C=CCCC2)C1. The molecule has 2 saturated carbocycles. The van der Waals surface area contributed by atoms with Crippen molar-refractivity contribution < 1.29 is 14.3 Å². The van der Waals surface area contributed by atoms with Gasteiger partial charge < -0.3 is 9.47 Å². The summed E-state index contributed by atoms with van der Waals surface area (Å²) < 4.78 is 11.7. The van der Waals surface area contributed by atoms with Crippen LogP contribution in [0.25, 0.3) is 0 Å². The van der Waals surface area contributed by atoms with Crippen LogP contribution in [0.2, 0.25) is 0 Å². The predicted molar refractivity (Wildman–Crippen MR) is 107 cm³/mol. The number of ketones is 1. The second-order valence-electron chi connectivity index (χ2n) is 9.52. The zero-order chi connectivity index (χ0) is 18.6. The third-order valence-electron chi connectivity index (χ3n) is 7.38. The van der Waals surface area contributed by atoms with Gasteiger partial charge in [-0.1, -0.05) is 24.3 Å². The Labute approximate surface area is 164 Å². The highest BCUT2D eigenvalue weighted by atomic mass is 16.7. The standard InChI is InChI=1S/C13H20O2.C11H16O/c1-2-5-12(6-3-1)7-4-8-13(11-12)14-9-10-15-13;12-10-5-4-8-11(9-10)6-2-1-3-7-11/h2,5H,1,3-4,6-11H2;2,6H,1,3-5,7-9H2/t12-;11-/m11/s1. The minimum atomic E-state index is -0.208. The molecule has 3 spiro atoms. The van der Waals surface area contributed by atoms with Crippen LogP contribution < -0.4 is 0 Å². The van der Waals surface area contributed by atoms with E-state index < -0.39 is 0 Å². The largest absolute Gasteiger partial charge is 0.348 e. The highest BCUT2D eigenvalue weighted by molar-refractivity contribution is 5.80. The summed E-state index contributed by atoms with van der Waals surface area (Å²) in [6.07, 6.45) is 25.9. The molecule has 3 heteroatoms. The van der Waals surface area contributed by atoms with Crippen LogP contribution in [0.5, 0.6) is 0 Å². The van der Waals surface area contributed by atoms with Crippen LogP contribution in [0.3, 0.4) is 0 Å². The Morgan fingerprint density at radius 2 is 1.37 bits per heavy atom. The lowest BCUT2D eigenvalue weighted by Gasteiger charge is -2.44. The quantitative estimate of drug-likeness (QED) is 0.498. The second kappa shape index (κ2) is 8.21. The summed E-state index contributed by atoms with van der Waals surface area (Å²) in [4.78, 5) is 11.3. The fourth-order valence-electron chi connectivity index (χ4n) is 6.06. The molecule has 4 aliphatic carbocycles. The summed E-state index contributed by atoms with van der Waals surface area (Å²) in [7, 11) is 0. The van der Waals surface area contributed by atoms with Crippen molar-refractivity contribution in [2.75, 3.05) is 13.2 Å². The number of allylic oxidation sites excluding steroid dienone is 4. The molecular weight excluding hydrogens is 336 g/mol. The Kier molecular flexibility index (Phi) is 5.89. The van der Waals surface area contributed by atoms with Gasteiger partial charge in [0.2, 0.25) is 0 Å². The number of carbonyl (C=O) groups excluding carboxylic acids is 1. The van der Waals surface area contributed by atoms with E-state index in [0.717, 1.165) is 45.3 Å². The molecule has 5 rings (SSSR count). The van der Waals surface area contributed by atoms with Crippen LogP contribution in [0.15, 0.2) is 24.3 Å². The summed E-state index contributed by atoms with van der Waals surface area (Å²) in [6.45, 7) is 1.58. The van der Waals surface area contributed by atoms with E-state index in [1.54, 1.807) is 0 Å². The zero-order valence-electron chi connectivity index (χ0n) is 16.8. The van der Waals surface area contributed by atoms with E-state index in [9.17, 15) is 4.79 Å². The van der Waals surface area contributed by atoms with Gasteiger partial charge in [0.05, 0.1) is 13.2 Å². The summed E-state index contributed by atoms with van der Waals surface area (Å²) in [5.41, 5.74) is 0.703. The van der Waals surface area contributed by atoms with Crippen molar-refractivity contribution >= 4 is 5.78 Å². The van der Waals surface area contributed by atoms with Gasteiger partial charge in [-0.2, -0.15) is 0 Å². The van der Waals surface area contributed by atoms with Crippen LogP contribution in [0, 0.1) is 10.8 Å². The number of hydrogen-bond donors (Lipinski definition) is 0. The van der Waals surface area contributed by atoms with E-state index in [-0.39, 0.29) is 5.79 Å². The first kappa shape index (κ1) is 19.4. The van der Waals surface area contributed by atoms with Crippen molar-refractivity contribution in [2.24, 2.45) is 10.8 Å². The van der Waals surface area contributed by atoms with Crippen molar-refractivity contribution in [3.05, 3.63) is 24.3 Å². The average Bonchev–Trinajstić information content (AvgIpc) is 3.10. The number of Topliss-reactive ketones (excluding diaryl/α,β-unsaturated/α-hetero) is 1. The topological polar surface area (TPSA) is 35.5 Å². The Hall–Kier alpha value is -0.930. The molecule has 2 atom stereocenters. The van der Waals surface area contributed by atoms with Crippen molar-refractivity contribution in [3.63, 3.8) is 0 Å². The molecule has 0 aromatic rings. The van der Waals surface area contributed by atoms with Gasteiger partial charge in [0.15, 0.2) is 5.79 Å². The molecule has 27 heavy (non-hydrogen) atoms. The van der Waals surface area contributed by atoms with Crippen molar-refractivity contribution in [1.82, 2.24) is 0 Å². The molecule has 0 N–H and O–H groups in total. The van der Waals surface area contributed by atoms with E-state index in [1.165, 1.54) is 57.8 Å². The van der Waals surface area contributed by atoms with Crippen molar-refractivity contribution in [1.29, 1.82) is 0 Å². The maximum atomic E-state index is 11.3. The zero-order valence-corrected chi connectivity index (χ0v) is 16.8. The maximum Gasteiger partial charge on any atom is 0.169 e. The van der Waals surface area contributed by atoms with Crippen LogP contribution in [-0.2, 0) is 14.3 Å². The monoisotopic (exact) mass is 372 g/mol. The number of ether oxygens (including phenoxy) is 2. The molecule has 3 nitrogen and oxygen atoms in total. The van der Waals surface area contributed by atoms with Gasteiger partial charge in [-0.05, 0) is 75.0 Å². The molecule has 1 aliphatic heterocycles. The fourth-order valence-corrected chi connectivity index (χ4v) is 6.06. The highest BCUT2D eigenvalue weighted by Crippen LogP contribution is 2.50. The predicted octanol–water partition coefficient (Wildman–Crippen LogP) is 5.89. The van der Waals surface area contributed by atoms with Gasteiger partial charge >= 0.3 is 0 Å². The summed E-state index contributed by atoms with van der Waals surface area (Å²) in [5.74, 6) is 0.271. The van der Waals surface area contributed by atoms with E-state index in [2.05, 4.69) is 24.3 Å². The van der Waals surface area contributed by atoms with Gasteiger partial charge in [0.25, 0.3) is 0 Å². The molecule has 0 radical (unpaired) electrons. The fraction of sp³-hybridized carbons (Fsp3) is 0.792. The molecule has 0 aromatic heterocycles. The number of hydrogen-bond acceptors (Lipinski definition) is 3. The first-order valence-electron chi connectivity index (χ1n) is 11.3. The van der Waals surface area contributed by atoms with E-state index in [1.807, 2.05) is 0 Å². The van der Waals surface area contributed by atoms with Crippen LogP contribution >= 0.6 is 0 Å². The van der Waals surface area contributed by atoms with Gasteiger partial charge in [0, 0.05) is 25.7 Å². The number of carbonyl (C=O) groups is 1. The van der Waals surface area contributed by atoms with Gasteiger partial charge in [-0.3, -0.25) is 4.79 Å². The van der Waals surface area contributed by atoms with Crippen LogP contribution in [-0.4, -0.2) is 24.8 Å². The molecule has 0 aromatic carbocycles. The first-order valence-corrected chi connectivity index (χ1v) is 11.3. The smallest absolute Gasteiger partial charge is 0.169 e. The minimum Gasteiger partial charge on any atom is -0.348 e. The summed E-state index contributed by atoms with van der Waals surface area (Å²) >= 11 is 0. The lowest BCUT2D eigenvalue weighted by molar-refractivity contribution is -0.197. The molecule has 5 aliphatic rings. The maximum absolute atomic E-state index is 11.3. The lowest BCUT2D eigenvalue weighted by atomic mass is 9.67. The molecule has 1 saturated heterocycles. The van der Waals surface area contributed by atoms with E-state index in [4.69, 9.17) is 9.47 Å². The Morgan fingerprint density at radius 3 is 2.00 bits per heavy atom. The minimum absolute atomic E-state index is 0.208. The Balaban J connectivity index is 0.000000137. The molecule has 3 fully saturated rings. The van der Waals surface area contributed by atoms with Gasteiger partial charge in [-0.25, -0.2) is 0 Å². The van der Waals surface area contributed by atoms with E-state index in [0.29, 0.717) is 16.6 Å². The number of rotatable bonds is 0. The van der Waals surface area contributed by atoms with Gasteiger partial charge in [0.1, 0.15) is 5.78 Å². The van der Waals surface area contributed by atoms with Crippen molar-refractivity contribution in [2.45, 2.75) is 95.7 Å². The summed E-state index contributed by atoms with van der Waals surface area (Å²) in [5, 5.41) is 0. The molecule has 0 bridgehead atoms. The lowest BCUT2D eigenvalue weighted by Crippen LogP contribution is -2.42. The Morgan fingerprint density at radius 1 is 0.741 bits per heavy atom. The van der Waals surface area contributed by atoms with Crippen LogP contribution in [0.1, 0.15) is 89.9 Å². The van der Waals surface area contributed by atoms with Gasteiger partial charge in [-0.15, -0.1) is 0 Å².